The van der Waals surface area contributed by atoms with Crippen molar-refractivity contribution in [2.45, 2.75) is 32.5 Å². The van der Waals surface area contributed by atoms with Crippen LogP contribution in [0.4, 0.5) is 13.2 Å². The van der Waals surface area contributed by atoms with E-state index in [9.17, 15) is 13.2 Å². The first-order valence-corrected chi connectivity index (χ1v) is 4.74. The highest BCUT2D eigenvalue weighted by Gasteiger charge is 2.27. The molecule has 80 valence electrons. The molecule has 0 aromatic heterocycles. The Morgan fingerprint density at radius 1 is 1.31 bits per heavy atom. The average molecular weight is 218 g/mol. The molecule has 5 heteroatoms. The van der Waals surface area contributed by atoms with Crippen LogP contribution in [0.5, 0.6) is 0 Å². The molecule has 1 nitrogen and oxygen atoms in total. The first kappa shape index (κ1) is 13.0. The minimum absolute atomic E-state index is 0.217. The molecule has 0 heterocycles. The van der Waals surface area contributed by atoms with Crippen molar-refractivity contribution in [3.63, 3.8) is 0 Å². The molecule has 1 unspecified atom stereocenters. The fourth-order valence-corrected chi connectivity index (χ4v) is 1.27. The van der Waals surface area contributed by atoms with Crippen LogP contribution in [0.1, 0.15) is 20.3 Å². The topological polar surface area (TPSA) is 12.0 Å². The number of nitrogens with one attached hydrogen (secondary N) is 1. The van der Waals surface area contributed by atoms with Gasteiger partial charge in [0.15, 0.2) is 0 Å². The van der Waals surface area contributed by atoms with Crippen molar-refractivity contribution in [1.29, 1.82) is 0 Å². The minimum atomic E-state index is -4.15. The normalized spacial score (nSPS) is 15.0. The summed E-state index contributed by atoms with van der Waals surface area (Å²) in [6.07, 6.45) is -3.49. The molecule has 13 heavy (non-hydrogen) atoms. The van der Waals surface area contributed by atoms with E-state index in [2.05, 4.69) is 5.32 Å². The van der Waals surface area contributed by atoms with Gasteiger partial charge in [-0.2, -0.15) is 13.2 Å². The number of halogens is 4. The molecule has 0 fully saturated rings. The molecule has 0 radical (unpaired) electrons. The van der Waals surface area contributed by atoms with Gasteiger partial charge in [-0.3, -0.25) is 0 Å². The summed E-state index contributed by atoms with van der Waals surface area (Å²) in [6.45, 7) is 2.95. The molecule has 0 saturated carbocycles. The Hall–Kier alpha value is 0.0400. The van der Waals surface area contributed by atoms with Crippen LogP contribution in [-0.4, -0.2) is 24.6 Å². The van der Waals surface area contributed by atoms with Crippen LogP contribution >= 0.6 is 11.6 Å². The molecule has 1 atom stereocenters. The van der Waals surface area contributed by atoms with E-state index in [0.717, 1.165) is 0 Å². The average Bonchev–Trinajstić information content (AvgIpc) is 1.95. The Kier molecular flexibility index (Phi) is 5.72. The first-order chi connectivity index (χ1) is 5.85. The SMILES string of the molecule is CC(C)CC(CCl)NCC(F)(F)F. The maximum atomic E-state index is 11.8. The van der Waals surface area contributed by atoms with Crippen molar-refractivity contribution in [2.75, 3.05) is 12.4 Å². The molecule has 0 rings (SSSR count). The zero-order chi connectivity index (χ0) is 10.5. The van der Waals surface area contributed by atoms with Gasteiger partial charge in [0.25, 0.3) is 0 Å². The Labute approximate surface area is 81.6 Å². The zero-order valence-corrected chi connectivity index (χ0v) is 8.54. The second-order valence-electron chi connectivity index (χ2n) is 3.48. The van der Waals surface area contributed by atoms with Crippen molar-refractivity contribution in [3.8, 4) is 0 Å². The van der Waals surface area contributed by atoms with E-state index in [1.54, 1.807) is 0 Å². The summed E-state index contributed by atoms with van der Waals surface area (Å²) in [6, 6.07) is -0.247. The number of rotatable bonds is 5. The largest absolute Gasteiger partial charge is 0.401 e. The van der Waals surface area contributed by atoms with E-state index < -0.39 is 12.7 Å². The van der Waals surface area contributed by atoms with Crippen molar-refractivity contribution >= 4 is 11.6 Å². The first-order valence-electron chi connectivity index (χ1n) is 4.21. The molecule has 0 aliphatic rings. The summed E-state index contributed by atoms with van der Waals surface area (Å²) in [4.78, 5) is 0. The van der Waals surface area contributed by atoms with Crippen LogP contribution < -0.4 is 5.32 Å². The smallest absolute Gasteiger partial charge is 0.305 e. The van der Waals surface area contributed by atoms with Crippen molar-refractivity contribution in [1.82, 2.24) is 5.32 Å². The second kappa shape index (κ2) is 5.70. The third-order valence-electron chi connectivity index (χ3n) is 1.53. The summed E-state index contributed by atoms with van der Waals surface area (Å²) in [7, 11) is 0. The Bertz CT molecular complexity index is 136. The van der Waals surface area contributed by atoms with E-state index in [1.165, 1.54) is 0 Å². The van der Waals surface area contributed by atoms with E-state index >= 15 is 0 Å². The fourth-order valence-electron chi connectivity index (χ4n) is 1.03. The summed E-state index contributed by atoms with van der Waals surface area (Å²) in [5, 5.41) is 2.38. The molecule has 1 N–H and O–H groups in total. The van der Waals surface area contributed by atoms with E-state index in [1.807, 2.05) is 13.8 Å². The maximum absolute atomic E-state index is 11.8. The highest BCUT2D eigenvalue weighted by molar-refractivity contribution is 6.18. The van der Waals surface area contributed by atoms with E-state index in [4.69, 9.17) is 11.6 Å². The zero-order valence-electron chi connectivity index (χ0n) is 7.79. The molecule has 0 aromatic carbocycles. The van der Waals surface area contributed by atoms with Crippen LogP contribution in [0.15, 0.2) is 0 Å². The van der Waals surface area contributed by atoms with Gasteiger partial charge in [-0.05, 0) is 12.3 Å². The third-order valence-corrected chi connectivity index (χ3v) is 1.91. The number of hydrogen-bond donors (Lipinski definition) is 1. The van der Waals surface area contributed by atoms with Gasteiger partial charge >= 0.3 is 6.18 Å². The summed E-state index contributed by atoms with van der Waals surface area (Å²) < 4.78 is 35.4. The maximum Gasteiger partial charge on any atom is 0.401 e. The van der Waals surface area contributed by atoms with Crippen LogP contribution in [0.25, 0.3) is 0 Å². The summed E-state index contributed by atoms with van der Waals surface area (Å²) >= 11 is 5.51. The van der Waals surface area contributed by atoms with Crippen LogP contribution in [0, 0.1) is 5.92 Å². The molecule has 0 aromatic rings. The third kappa shape index (κ3) is 8.37. The van der Waals surface area contributed by atoms with E-state index in [0.29, 0.717) is 12.3 Å². The van der Waals surface area contributed by atoms with Crippen molar-refractivity contribution in [2.24, 2.45) is 5.92 Å². The number of hydrogen-bond acceptors (Lipinski definition) is 1. The minimum Gasteiger partial charge on any atom is -0.305 e. The molecule has 0 spiro atoms. The molecule has 0 saturated heterocycles. The molecule has 0 aliphatic heterocycles. The molecule has 0 bridgehead atoms. The van der Waals surface area contributed by atoms with Gasteiger partial charge in [-0.15, -0.1) is 11.6 Å². The lowest BCUT2D eigenvalue weighted by molar-refractivity contribution is -0.126. The molecular formula is C8H15ClF3N. The molecular weight excluding hydrogens is 203 g/mol. The van der Waals surface area contributed by atoms with Gasteiger partial charge in [0, 0.05) is 11.9 Å². The lowest BCUT2D eigenvalue weighted by Crippen LogP contribution is -2.38. The Morgan fingerprint density at radius 3 is 2.15 bits per heavy atom. The highest BCUT2D eigenvalue weighted by atomic mass is 35.5. The molecule has 0 amide bonds. The monoisotopic (exact) mass is 217 g/mol. The van der Waals surface area contributed by atoms with Crippen molar-refractivity contribution in [3.05, 3.63) is 0 Å². The fraction of sp³-hybridized carbons (Fsp3) is 1.00. The lowest BCUT2D eigenvalue weighted by Gasteiger charge is -2.18. The summed E-state index contributed by atoms with van der Waals surface area (Å²) in [5.74, 6) is 0.568. The van der Waals surface area contributed by atoms with Gasteiger partial charge < -0.3 is 5.32 Å². The van der Waals surface area contributed by atoms with Crippen LogP contribution in [-0.2, 0) is 0 Å². The summed E-state index contributed by atoms with van der Waals surface area (Å²) in [5.41, 5.74) is 0. The van der Waals surface area contributed by atoms with Gasteiger partial charge in [0.2, 0.25) is 0 Å². The van der Waals surface area contributed by atoms with Gasteiger partial charge in [0.1, 0.15) is 0 Å². The van der Waals surface area contributed by atoms with Crippen molar-refractivity contribution < 1.29 is 13.2 Å². The predicted octanol–water partition coefficient (Wildman–Crippen LogP) is 2.79. The van der Waals surface area contributed by atoms with Gasteiger partial charge in [0.05, 0.1) is 6.54 Å². The second-order valence-corrected chi connectivity index (χ2v) is 3.79. The molecule has 0 aliphatic carbocycles. The highest BCUT2D eigenvalue weighted by Crippen LogP contribution is 2.14. The predicted molar refractivity (Wildman–Crippen MR) is 48.0 cm³/mol. The van der Waals surface area contributed by atoms with Gasteiger partial charge in [-0.1, -0.05) is 13.8 Å². The van der Waals surface area contributed by atoms with Crippen LogP contribution in [0.3, 0.4) is 0 Å². The number of alkyl halides is 4. The van der Waals surface area contributed by atoms with Crippen LogP contribution in [0.2, 0.25) is 0 Å². The van der Waals surface area contributed by atoms with E-state index in [-0.39, 0.29) is 11.9 Å². The Balaban J connectivity index is 3.72. The Morgan fingerprint density at radius 2 is 1.85 bits per heavy atom. The quantitative estimate of drug-likeness (QED) is 0.699. The standard InChI is InChI=1S/C8H15ClF3N/c1-6(2)3-7(4-9)13-5-8(10,11)12/h6-7,13H,3-5H2,1-2H3. The lowest BCUT2D eigenvalue weighted by atomic mass is 10.1. The van der Waals surface area contributed by atoms with Gasteiger partial charge in [-0.25, -0.2) is 0 Å².